The van der Waals surface area contributed by atoms with Crippen LogP contribution in [0, 0.1) is 6.92 Å². The van der Waals surface area contributed by atoms with Crippen molar-refractivity contribution in [1.29, 1.82) is 0 Å². The van der Waals surface area contributed by atoms with Crippen molar-refractivity contribution >= 4 is 29.2 Å². The molecule has 26 heavy (non-hydrogen) atoms. The van der Waals surface area contributed by atoms with Gasteiger partial charge in [0, 0.05) is 5.48 Å². The van der Waals surface area contributed by atoms with Gasteiger partial charge < -0.3 is 0 Å². The Balaban J connectivity index is 2.30. The van der Waals surface area contributed by atoms with Crippen molar-refractivity contribution in [1.82, 2.24) is 0 Å². The molecule has 0 radical (unpaired) electrons. The van der Waals surface area contributed by atoms with E-state index in [9.17, 15) is 5.48 Å². The van der Waals surface area contributed by atoms with Gasteiger partial charge >= 0.3 is 0 Å². The summed E-state index contributed by atoms with van der Waals surface area (Å²) < 4.78 is 167. The number of rotatable bonds is 2. The summed E-state index contributed by atoms with van der Waals surface area (Å²) in [5, 5.41) is -2.83. The zero-order chi connectivity index (χ0) is 34.2. The van der Waals surface area contributed by atoms with Crippen molar-refractivity contribution in [2.75, 3.05) is 0 Å². The summed E-state index contributed by atoms with van der Waals surface area (Å²) >= 11 is 0. The maximum atomic E-state index is 9.70. The molecule has 0 unspecified atom stereocenters. The molecule has 0 N–H and O–H groups in total. The summed E-state index contributed by atoms with van der Waals surface area (Å²) in [7, 11) is -6.01. The van der Waals surface area contributed by atoms with E-state index in [1.54, 1.807) is 0 Å². The zero-order valence-electron chi connectivity index (χ0n) is 32.5. The van der Waals surface area contributed by atoms with Crippen LogP contribution in [0.2, 0.25) is 0 Å². The van der Waals surface area contributed by atoms with Crippen molar-refractivity contribution in [2.45, 2.75) is 18.9 Å². The zero-order valence-corrected chi connectivity index (χ0v) is 14.5. The van der Waals surface area contributed by atoms with Crippen LogP contribution in [0.3, 0.4) is 0 Å². The van der Waals surface area contributed by atoms with E-state index in [0.29, 0.717) is 0 Å². The average molecular weight is 370 g/mol. The van der Waals surface area contributed by atoms with Gasteiger partial charge in [0.05, 0.1) is 20.6 Å². The van der Waals surface area contributed by atoms with Gasteiger partial charge in [0.1, 0.15) is 8.07 Å². The van der Waals surface area contributed by atoms with Crippen LogP contribution in [0.1, 0.15) is 42.7 Å². The highest BCUT2D eigenvalue weighted by atomic mass is 28.3. The van der Waals surface area contributed by atoms with E-state index in [4.69, 9.17) is 20.6 Å². The Morgan fingerprint density at radius 3 is 1.88 bits per heavy atom. The third-order valence-corrected chi connectivity index (χ3v) is 7.50. The van der Waals surface area contributed by atoms with Gasteiger partial charge in [-0.2, -0.15) is 0 Å². The minimum absolute atomic E-state index is 0.0927. The molecule has 5 rings (SSSR count). The lowest BCUT2D eigenvalue weighted by Gasteiger charge is -2.38. The normalized spacial score (nSPS) is 29.3. The van der Waals surface area contributed by atoms with E-state index in [-0.39, 0.29) is 10.9 Å². The minimum Gasteiger partial charge on any atom is -0.0626 e. The van der Waals surface area contributed by atoms with Crippen molar-refractivity contribution < 1.29 is 26.0 Å². The molecule has 0 spiro atoms. The summed E-state index contributed by atoms with van der Waals surface area (Å²) in [6.45, 7) is 1.31. The summed E-state index contributed by atoms with van der Waals surface area (Å²) in [5.74, 6) is -6.88. The fourth-order valence-corrected chi connectivity index (χ4v) is 6.00. The predicted octanol–water partition coefficient (Wildman–Crippen LogP) is 4.59. The third-order valence-electron chi connectivity index (χ3n) is 4.25. The molecular formula is C25H22Si. The lowest BCUT2D eigenvalue weighted by atomic mass is 9.97. The molecule has 0 aromatic heterocycles. The lowest BCUT2D eigenvalue weighted by molar-refractivity contribution is 1.21. The first-order valence-electron chi connectivity index (χ1n) is 17.2. The van der Waals surface area contributed by atoms with Crippen molar-refractivity contribution in [2.24, 2.45) is 0 Å². The minimum atomic E-state index is -6.01. The summed E-state index contributed by atoms with van der Waals surface area (Å²) in [6.07, 6.45) is 0. The number of hydrogen-bond donors (Lipinski definition) is 0. The molecular weight excluding hydrogens is 328 g/mol. The van der Waals surface area contributed by atoms with Crippen LogP contribution >= 0.6 is 0 Å². The standard InChI is InChI=1S/C25H22Si/c1-19-15-16-21-18-26(22-10-4-2-5-11-22,23-12-6-3-7-13-23)17-20-9-8-14-24(19)25(20)21/h2-16H,17-18H2,1H3/i2D,3D,4D,5D,6D,7D,8D,9D,10D,11D,12D,13D,14D,15D,16D,17D2,18D2. The molecule has 4 aromatic rings. The fraction of sp³-hybridized carbons (Fsp3) is 0.120. The summed E-state index contributed by atoms with van der Waals surface area (Å²) in [5.41, 5.74) is -1.69. The maximum absolute atomic E-state index is 9.70. The SMILES string of the molecule is [2H]c1c([2H])c([2H])c([Si]2(c3c([2H])c([2H])c([2H])c([2H])c3[2H])C([2H])([2H])c3c([2H])c([2H])c([2H])c4c(C)c([2H])c([2H])c(c34)C2([2H])[2H])c([2H])c1[2H]. The Labute approximate surface area is 182 Å². The van der Waals surface area contributed by atoms with Crippen LogP contribution in [0.15, 0.2) is 90.6 Å². The molecule has 0 nitrogen and oxygen atoms in total. The van der Waals surface area contributed by atoms with Gasteiger partial charge in [-0.05, 0) is 46.4 Å². The van der Waals surface area contributed by atoms with Crippen LogP contribution in [0.4, 0.5) is 0 Å². The molecule has 0 saturated heterocycles. The highest BCUT2D eigenvalue weighted by Crippen LogP contribution is 2.34. The van der Waals surface area contributed by atoms with Crippen molar-refractivity contribution in [3.8, 4) is 0 Å². The van der Waals surface area contributed by atoms with Gasteiger partial charge in [-0.1, -0.05) is 101 Å². The average Bonchev–Trinajstić information content (AvgIpc) is 2.96. The Kier molecular flexibility index (Phi) is 1.25. The van der Waals surface area contributed by atoms with Gasteiger partial charge in [0.25, 0.3) is 0 Å². The Morgan fingerprint density at radius 2 is 1.27 bits per heavy atom. The predicted molar refractivity (Wildman–Crippen MR) is 114 cm³/mol. The first-order valence-corrected chi connectivity index (χ1v) is 9.75. The molecule has 0 atom stereocenters. The topological polar surface area (TPSA) is 0 Å². The Bertz CT molecular complexity index is 1830. The first-order chi connectivity index (χ1) is 20.6. The van der Waals surface area contributed by atoms with E-state index >= 15 is 0 Å². The van der Waals surface area contributed by atoms with E-state index in [0.717, 1.165) is 0 Å². The van der Waals surface area contributed by atoms with E-state index in [1.165, 1.54) is 6.92 Å². The molecule has 1 aliphatic rings. The molecule has 1 heteroatoms. The molecule has 4 aromatic carbocycles. The second kappa shape index (κ2) is 5.96. The lowest BCUT2D eigenvalue weighted by Crippen LogP contribution is -2.63. The summed E-state index contributed by atoms with van der Waals surface area (Å²) in [4.78, 5) is 0. The molecule has 0 saturated carbocycles. The number of benzene rings is 4. The maximum Gasteiger partial charge on any atom is 0.126 e. The van der Waals surface area contributed by atoms with Gasteiger partial charge in [-0.25, -0.2) is 0 Å². The number of aryl methyl sites for hydroxylation is 1. The molecule has 1 aliphatic heterocycles. The van der Waals surface area contributed by atoms with Crippen molar-refractivity contribution in [3.05, 3.63) is 107 Å². The van der Waals surface area contributed by atoms with Crippen LogP contribution in [0.5, 0.6) is 0 Å². The Hall–Kier alpha value is -2.64. The molecule has 0 amide bonds. The van der Waals surface area contributed by atoms with Gasteiger partial charge in [0.15, 0.2) is 0 Å². The van der Waals surface area contributed by atoms with E-state index < -0.39 is 138 Å². The van der Waals surface area contributed by atoms with Crippen molar-refractivity contribution in [3.63, 3.8) is 0 Å². The van der Waals surface area contributed by atoms with E-state index in [2.05, 4.69) is 0 Å². The number of hydrogen-bond acceptors (Lipinski definition) is 0. The van der Waals surface area contributed by atoms with Gasteiger partial charge in [-0.3, -0.25) is 0 Å². The first kappa shape index (κ1) is 5.43. The second-order valence-electron chi connectivity index (χ2n) is 5.75. The highest BCUT2D eigenvalue weighted by Gasteiger charge is 2.40. The second-order valence-corrected chi connectivity index (χ2v) is 8.75. The molecule has 1 heterocycles. The van der Waals surface area contributed by atoms with Gasteiger partial charge in [-0.15, -0.1) is 0 Å². The fourth-order valence-electron chi connectivity index (χ4n) is 3.06. The van der Waals surface area contributed by atoms with E-state index in [1.807, 2.05) is 0 Å². The summed E-state index contributed by atoms with van der Waals surface area (Å²) in [6, 6.07) is -14.4. The van der Waals surface area contributed by atoms with Crippen LogP contribution in [-0.4, -0.2) is 8.07 Å². The highest BCUT2D eigenvalue weighted by molar-refractivity contribution is 7.01. The largest absolute Gasteiger partial charge is 0.126 e. The Morgan fingerprint density at radius 1 is 0.692 bits per heavy atom. The molecule has 0 fully saturated rings. The van der Waals surface area contributed by atoms with Crippen LogP contribution in [-0.2, 0) is 12.0 Å². The monoisotopic (exact) mass is 369 g/mol. The molecule has 0 aliphatic carbocycles. The third kappa shape index (κ3) is 2.28. The molecule has 0 bridgehead atoms. The van der Waals surface area contributed by atoms with Crippen LogP contribution < -0.4 is 10.4 Å². The quantitative estimate of drug-likeness (QED) is 0.453. The molecule has 126 valence electrons. The smallest absolute Gasteiger partial charge is 0.0626 e. The van der Waals surface area contributed by atoms with Gasteiger partial charge in [0.2, 0.25) is 0 Å². The van der Waals surface area contributed by atoms with Crippen LogP contribution in [0.25, 0.3) is 10.8 Å².